The number of rotatable bonds is 4. The summed E-state index contributed by atoms with van der Waals surface area (Å²) in [6, 6.07) is 9.33. The van der Waals surface area contributed by atoms with E-state index < -0.39 is 11.6 Å². The lowest BCUT2D eigenvalue weighted by molar-refractivity contribution is -0.879. The van der Waals surface area contributed by atoms with Crippen LogP contribution in [0.15, 0.2) is 30.3 Å². The van der Waals surface area contributed by atoms with E-state index in [2.05, 4.69) is 14.1 Å². The molecular formula is C19H28NO3+. The lowest BCUT2D eigenvalue weighted by atomic mass is 9.80. The minimum absolute atomic E-state index is 0.0405. The number of ether oxygens (including phenoxy) is 1. The number of aliphatic hydroxyl groups is 1. The molecule has 2 atom stereocenters. The van der Waals surface area contributed by atoms with Crippen molar-refractivity contribution in [3.63, 3.8) is 0 Å². The quantitative estimate of drug-likeness (QED) is 0.685. The summed E-state index contributed by atoms with van der Waals surface area (Å²) in [6.07, 6.45) is 4.68. The molecule has 4 heteroatoms. The molecule has 1 saturated carbocycles. The molecule has 0 bridgehead atoms. The van der Waals surface area contributed by atoms with Gasteiger partial charge in [-0.1, -0.05) is 43.2 Å². The summed E-state index contributed by atoms with van der Waals surface area (Å²) in [6.45, 7) is 1.83. The highest BCUT2D eigenvalue weighted by Crippen LogP contribution is 2.42. The molecule has 2 fully saturated rings. The molecule has 1 aromatic rings. The van der Waals surface area contributed by atoms with Crippen molar-refractivity contribution in [1.82, 2.24) is 0 Å². The summed E-state index contributed by atoms with van der Waals surface area (Å²) >= 11 is 0. The van der Waals surface area contributed by atoms with E-state index in [1.54, 1.807) is 0 Å². The first-order chi connectivity index (χ1) is 10.9. The van der Waals surface area contributed by atoms with Gasteiger partial charge in [0.15, 0.2) is 11.7 Å². The Hall–Kier alpha value is -1.39. The molecule has 0 unspecified atom stereocenters. The number of hydrogen-bond acceptors (Lipinski definition) is 3. The molecule has 0 radical (unpaired) electrons. The fourth-order valence-electron chi connectivity index (χ4n) is 4.12. The molecule has 3 rings (SSSR count). The topological polar surface area (TPSA) is 46.5 Å². The molecule has 1 N–H and O–H groups in total. The summed E-state index contributed by atoms with van der Waals surface area (Å²) in [4.78, 5) is 12.9. The van der Waals surface area contributed by atoms with Gasteiger partial charge < -0.3 is 14.3 Å². The third kappa shape index (κ3) is 3.29. The zero-order valence-electron chi connectivity index (χ0n) is 14.2. The van der Waals surface area contributed by atoms with Crippen molar-refractivity contribution >= 4 is 5.97 Å². The van der Waals surface area contributed by atoms with Gasteiger partial charge in [-0.3, -0.25) is 0 Å². The van der Waals surface area contributed by atoms with Crippen LogP contribution in [0.5, 0.6) is 0 Å². The molecule has 4 nitrogen and oxygen atoms in total. The van der Waals surface area contributed by atoms with E-state index in [0.717, 1.165) is 49.7 Å². The molecule has 1 aliphatic heterocycles. The number of quaternary nitrogens is 1. The van der Waals surface area contributed by atoms with Crippen LogP contribution in [0.1, 0.15) is 37.7 Å². The van der Waals surface area contributed by atoms with E-state index in [4.69, 9.17) is 4.74 Å². The predicted molar refractivity (Wildman–Crippen MR) is 88.6 cm³/mol. The highest BCUT2D eigenvalue weighted by molar-refractivity contribution is 5.81. The van der Waals surface area contributed by atoms with Crippen LogP contribution >= 0.6 is 0 Å². The molecule has 126 valence electrons. The Morgan fingerprint density at radius 2 is 1.83 bits per heavy atom. The first-order valence-corrected chi connectivity index (χ1v) is 8.73. The fraction of sp³-hybridized carbons (Fsp3) is 0.632. The Labute approximate surface area is 138 Å². The van der Waals surface area contributed by atoms with Gasteiger partial charge in [-0.15, -0.1) is 0 Å². The van der Waals surface area contributed by atoms with Gasteiger partial charge in [-0.05, 0) is 18.4 Å². The number of carbonyl (C=O) groups excluding carboxylic acids is 1. The fourth-order valence-corrected chi connectivity index (χ4v) is 4.12. The minimum Gasteiger partial charge on any atom is -0.454 e. The summed E-state index contributed by atoms with van der Waals surface area (Å²) in [5.41, 5.74) is -0.832. The smallest absolute Gasteiger partial charge is 0.343 e. The molecule has 0 spiro atoms. The lowest BCUT2D eigenvalue weighted by Crippen LogP contribution is -2.46. The maximum atomic E-state index is 12.9. The minimum atomic E-state index is -1.50. The molecule has 1 aliphatic carbocycles. The molecule has 1 aromatic carbocycles. The van der Waals surface area contributed by atoms with E-state index in [1.807, 2.05) is 30.3 Å². The second-order valence-corrected chi connectivity index (χ2v) is 7.77. The van der Waals surface area contributed by atoms with E-state index in [1.165, 1.54) is 0 Å². The zero-order chi connectivity index (χ0) is 16.5. The van der Waals surface area contributed by atoms with Crippen molar-refractivity contribution in [2.45, 2.75) is 43.8 Å². The van der Waals surface area contributed by atoms with Gasteiger partial charge >= 0.3 is 5.97 Å². The van der Waals surface area contributed by atoms with Crippen LogP contribution in [0, 0.1) is 5.92 Å². The number of nitrogens with zero attached hydrogens (tertiary/aromatic N) is 1. The maximum absolute atomic E-state index is 12.9. The third-order valence-electron chi connectivity index (χ3n) is 5.50. The molecule has 0 aromatic heterocycles. The van der Waals surface area contributed by atoms with Crippen molar-refractivity contribution in [2.24, 2.45) is 5.92 Å². The predicted octanol–water partition coefficient (Wildman–Crippen LogP) is 2.46. The maximum Gasteiger partial charge on any atom is 0.343 e. The first-order valence-electron chi connectivity index (χ1n) is 8.73. The van der Waals surface area contributed by atoms with Crippen molar-refractivity contribution in [2.75, 3.05) is 27.2 Å². The monoisotopic (exact) mass is 318 g/mol. The van der Waals surface area contributed by atoms with Crippen LogP contribution in [-0.2, 0) is 15.1 Å². The second kappa shape index (κ2) is 6.25. The van der Waals surface area contributed by atoms with Crippen LogP contribution < -0.4 is 0 Å². The average Bonchev–Trinajstić information content (AvgIpc) is 3.17. The number of likely N-dealkylation sites (tertiary alicyclic amines) is 1. The molecule has 2 aliphatic rings. The SMILES string of the molecule is C[N+]1(C)CC[C@H](OC(=O)[C@](O)(c2ccccc2)C2CCCC2)C1. The van der Waals surface area contributed by atoms with Crippen molar-refractivity contribution in [3.05, 3.63) is 35.9 Å². The molecule has 23 heavy (non-hydrogen) atoms. The van der Waals surface area contributed by atoms with Gasteiger partial charge in [0.1, 0.15) is 6.54 Å². The number of likely N-dealkylation sites (N-methyl/N-ethyl adjacent to an activating group) is 1. The number of benzene rings is 1. The molecular weight excluding hydrogens is 290 g/mol. The van der Waals surface area contributed by atoms with Crippen LogP contribution in [0.25, 0.3) is 0 Å². The van der Waals surface area contributed by atoms with E-state index in [0.29, 0.717) is 5.56 Å². The van der Waals surface area contributed by atoms with Gasteiger partial charge in [0.25, 0.3) is 0 Å². The number of esters is 1. The van der Waals surface area contributed by atoms with Gasteiger partial charge in [-0.25, -0.2) is 4.79 Å². The van der Waals surface area contributed by atoms with Gasteiger partial charge in [0, 0.05) is 12.3 Å². The van der Waals surface area contributed by atoms with Crippen LogP contribution in [-0.4, -0.2) is 48.8 Å². The second-order valence-electron chi connectivity index (χ2n) is 7.77. The van der Waals surface area contributed by atoms with Crippen LogP contribution in [0.3, 0.4) is 0 Å². The van der Waals surface area contributed by atoms with Crippen molar-refractivity contribution in [3.8, 4) is 0 Å². The normalized spacial score (nSPS) is 26.8. The summed E-state index contributed by atoms with van der Waals surface area (Å²) in [5, 5.41) is 11.4. The molecule has 0 amide bonds. The summed E-state index contributed by atoms with van der Waals surface area (Å²) in [7, 11) is 4.29. The first kappa shape index (κ1) is 16.5. The zero-order valence-corrected chi connectivity index (χ0v) is 14.2. The largest absolute Gasteiger partial charge is 0.454 e. The standard InChI is InChI=1S/C19H28NO3/c1-20(2)13-12-17(14-20)23-18(21)19(22,16-10-6-7-11-16)15-8-4-3-5-9-15/h3-5,8-9,16-17,22H,6-7,10-14H2,1-2H3/q+1/t17-,19-/m0/s1. The Kier molecular flexibility index (Phi) is 4.47. The van der Waals surface area contributed by atoms with Gasteiger partial charge in [-0.2, -0.15) is 0 Å². The van der Waals surface area contributed by atoms with Gasteiger partial charge in [0.2, 0.25) is 0 Å². The molecule has 1 heterocycles. The third-order valence-corrected chi connectivity index (χ3v) is 5.50. The van der Waals surface area contributed by atoms with Crippen molar-refractivity contribution < 1.29 is 19.1 Å². The Morgan fingerprint density at radius 1 is 1.17 bits per heavy atom. The highest BCUT2D eigenvalue weighted by atomic mass is 16.6. The lowest BCUT2D eigenvalue weighted by Gasteiger charge is -2.33. The van der Waals surface area contributed by atoms with Crippen LogP contribution in [0.4, 0.5) is 0 Å². The highest BCUT2D eigenvalue weighted by Gasteiger charge is 2.49. The summed E-state index contributed by atoms with van der Waals surface area (Å²) in [5.74, 6) is -0.496. The van der Waals surface area contributed by atoms with E-state index in [9.17, 15) is 9.90 Å². The Balaban J connectivity index is 1.82. The number of carbonyl (C=O) groups is 1. The average molecular weight is 318 g/mol. The number of hydrogen-bond donors (Lipinski definition) is 1. The van der Waals surface area contributed by atoms with E-state index in [-0.39, 0.29) is 12.0 Å². The Morgan fingerprint density at radius 3 is 2.39 bits per heavy atom. The van der Waals surface area contributed by atoms with Crippen LogP contribution in [0.2, 0.25) is 0 Å². The molecule has 1 saturated heterocycles. The van der Waals surface area contributed by atoms with E-state index >= 15 is 0 Å². The Bertz CT molecular complexity index is 551. The van der Waals surface area contributed by atoms with Gasteiger partial charge in [0.05, 0.1) is 20.6 Å². The summed E-state index contributed by atoms with van der Waals surface area (Å²) < 4.78 is 6.64. The van der Waals surface area contributed by atoms with Crippen molar-refractivity contribution in [1.29, 1.82) is 0 Å².